The lowest BCUT2D eigenvalue weighted by atomic mass is 9.94. The average Bonchev–Trinajstić information content (AvgIpc) is 3.02. The van der Waals surface area contributed by atoms with E-state index in [-0.39, 0.29) is 18.4 Å². The van der Waals surface area contributed by atoms with Crippen LogP contribution in [0.5, 0.6) is 0 Å². The summed E-state index contributed by atoms with van der Waals surface area (Å²) < 4.78 is 1.68. The number of nitrogens with zero attached hydrogens (tertiary/aromatic N) is 4. The van der Waals surface area contributed by atoms with Gasteiger partial charge in [-0.25, -0.2) is 9.50 Å². The van der Waals surface area contributed by atoms with Gasteiger partial charge >= 0.3 is 0 Å². The zero-order valence-electron chi connectivity index (χ0n) is 15.0. The molecule has 4 rings (SSSR count). The lowest BCUT2D eigenvalue weighted by Gasteiger charge is -2.27. The van der Waals surface area contributed by atoms with Gasteiger partial charge in [-0.15, -0.1) is 5.10 Å². The Hall–Kier alpha value is -2.80. The van der Waals surface area contributed by atoms with Crippen molar-refractivity contribution in [2.24, 2.45) is 0 Å². The summed E-state index contributed by atoms with van der Waals surface area (Å²) in [7, 11) is 0. The number of aromatic nitrogens is 4. The SMILES string of the molecule is Cc1cc(C)n2nc(CC(=O)NCC3NCCc4ccccc43)nc2n1. The second-order valence-corrected chi connectivity index (χ2v) is 6.72. The van der Waals surface area contributed by atoms with Crippen LogP contribution >= 0.6 is 0 Å². The lowest BCUT2D eigenvalue weighted by molar-refractivity contribution is -0.120. The van der Waals surface area contributed by atoms with Crippen molar-refractivity contribution in [2.75, 3.05) is 13.1 Å². The van der Waals surface area contributed by atoms with Gasteiger partial charge in [0.05, 0.1) is 6.42 Å². The summed E-state index contributed by atoms with van der Waals surface area (Å²) in [5.74, 6) is 0.939. The highest BCUT2D eigenvalue weighted by atomic mass is 16.1. The Bertz CT molecular complexity index is 964. The average molecular weight is 350 g/mol. The van der Waals surface area contributed by atoms with Crippen LogP contribution < -0.4 is 10.6 Å². The number of benzene rings is 1. The van der Waals surface area contributed by atoms with Gasteiger partial charge in [0.1, 0.15) is 0 Å². The number of carbonyl (C=O) groups is 1. The molecule has 3 aromatic rings. The smallest absolute Gasteiger partial charge is 0.252 e. The van der Waals surface area contributed by atoms with Gasteiger partial charge < -0.3 is 10.6 Å². The molecule has 2 N–H and O–H groups in total. The molecule has 1 aliphatic rings. The van der Waals surface area contributed by atoms with Crippen molar-refractivity contribution in [3.63, 3.8) is 0 Å². The molecule has 7 heteroatoms. The molecular formula is C19H22N6O. The molecule has 1 aliphatic heterocycles. The first kappa shape index (κ1) is 16.7. The zero-order valence-corrected chi connectivity index (χ0v) is 15.0. The van der Waals surface area contributed by atoms with E-state index < -0.39 is 0 Å². The van der Waals surface area contributed by atoms with E-state index in [0.29, 0.717) is 18.1 Å². The van der Waals surface area contributed by atoms with Gasteiger partial charge in [-0.3, -0.25) is 4.79 Å². The Kier molecular flexibility index (Phi) is 4.38. The summed E-state index contributed by atoms with van der Waals surface area (Å²) in [4.78, 5) is 21.1. The van der Waals surface area contributed by atoms with Crippen LogP contribution in [0.3, 0.4) is 0 Å². The highest BCUT2D eigenvalue weighted by Gasteiger charge is 2.20. The molecule has 1 amide bonds. The molecule has 0 saturated carbocycles. The second-order valence-electron chi connectivity index (χ2n) is 6.72. The summed E-state index contributed by atoms with van der Waals surface area (Å²) in [6.07, 6.45) is 1.17. The predicted molar refractivity (Wildman–Crippen MR) is 97.9 cm³/mol. The van der Waals surface area contributed by atoms with Crippen molar-refractivity contribution < 1.29 is 4.79 Å². The summed E-state index contributed by atoms with van der Waals surface area (Å²) in [5, 5.41) is 10.9. The van der Waals surface area contributed by atoms with E-state index in [2.05, 4.69) is 43.9 Å². The van der Waals surface area contributed by atoms with Crippen molar-refractivity contribution >= 4 is 11.7 Å². The van der Waals surface area contributed by atoms with Crippen LogP contribution in [0.15, 0.2) is 30.3 Å². The van der Waals surface area contributed by atoms with E-state index in [1.165, 1.54) is 11.1 Å². The lowest BCUT2D eigenvalue weighted by Crippen LogP contribution is -2.39. The number of rotatable bonds is 4. The van der Waals surface area contributed by atoms with Gasteiger partial charge in [-0.1, -0.05) is 24.3 Å². The number of amides is 1. The molecule has 0 radical (unpaired) electrons. The molecule has 2 aromatic heterocycles. The van der Waals surface area contributed by atoms with Crippen LogP contribution in [0.25, 0.3) is 5.78 Å². The van der Waals surface area contributed by atoms with Gasteiger partial charge in [0.2, 0.25) is 5.91 Å². The van der Waals surface area contributed by atoms with E-state index >= 15 is 0 Å². The molecule has 134 valence electrons. The summed E-state index contributed by atoms with van der Waals surface area (Å²) in [6, 6.07) is 10.5. The molecule has 26 heavy (non-hydrogen) atoms. The predicted octanol–water partition coefficient (Wildman–Crippen LogP) is 1.29. The van der Waals surface area contributed by atoms with Crippen LogP contribution in [0.2, 0.25) is 0 Å². The van der Waals surface area contributed by atoms with Crippen molar-refractivity contribution in [2.45, 2.75) is 32.7 Å². The van der Waals surface area contributed by atoms with Crippen LogP contribution in [-0.4, -0.2) is 38.6 Å². The van der Waals surface area contributed by atoms with Gasteiger partial charge in [-0.2, -0.15) is 4.98 Å². The monoisotopic (exact) mass is 350 g/mol. The molecule has 1 unspecified atom stereocenters. The Morgan fingerprint density at radius 2 is 2.15 bits per heavy atom. The minimum Gasteiger partial charge on any atom is -0.354 e. The van der Waals surface area contributed by atoms with Crippen molar-refractivity contribution in [1.82, 2.24) is 30.2 Å². The molecule has 3 heterocycles. The molecule has 1 atom stereocenters. The topological polar surface area (TPSA) is 84.2 Å². The Balaban J connectivity index is 1.41. The third-order valence-corrected chi connectivity index (χ3v) is 4.70. The first-order chi connectivity index (χ1) is 12.6. The van der Waals surface area contributed by atoms with Crippen LogP contribution in [0.1, 0.15) is 34.4 Å². The fourth-order valence-corrected chi connectivity index (χ4v) is 3.48. The third kappa shape index (κ3) is 3.30. The second kappa shape index (κ2) is 6.84. The maximum atomic E-state index is 12.3. The van der Waals surface area contributed by atoms with Crippen molar-refractivity contribution in [3.8, 4) is 0 Å². The van der Waals surface area contributed by atoms with E-state index in [4.69, 9.17) is 0 Å². The minimum atomic E-state index is -0.0832. The van der Waals surface area contributed by atoms with Crippen LogP contribution in [-0.2, 0) is 17.6 Å². The highest BCUT2D eigenvalue weighted by molar-refractivity contribution is 5.77. The van der Waals surface area contributed by atoms with Gasteiger partial charge in [0.15, 0.2) is 5.82 Å². The number of hydrogen-bond donors (Lipinski definition) is 2. The van der Waals surface area contributed by atoms with Gasteiger partial charge in [0, 0.05) is 24.0 Å². The van der Waals surface area contributed by atoms with Gasteiger partial charge in [0.25, 0.3) is 5.78 Å². The maximum absolute atomic E-state index is 12.3. The van der Waals surface area contributed by atoms with Gasteiger partial charge in [-0.05, 0) is 44.0 Å². The molecule has 0 fully saturated rings. The summed E-state index contributed by atoms with van der Waals surface area (Å²) in [5.41, 5.74) is 4.46. The number of carbonyl (C=O) groups excluding carboxylic acids is 1. The third-order valence-electron chi connectivity index (χ3n) is 4.70. The number of hydrogen-bond acceptors (Lipinski definition) is 5. The quantitative estimate of drug-likeness (QED) is 0.741. The van der Waals surface area contributed by atoms with Crippen LogP contribution in [0, 0.1) is 13.8 Å². The van der Waals surface area contributed by atoms with Crippen molar-refractivity contribution in [3.05, 3.63) is 58.7 Å². The summed E-state index contributed by atoms with van der Waals surface area (Å²) >= 11 is 0. The van der Waals surface area contributed by atoms with Crippen LogP contribution in [0.4, 0.5) is 0 Å². The first-order valence-corrected chi connectivity index (χ1v) is 8.88. The minimum absolute atomic E-state index is 0.0832. The van der Waals surface area contributed by atoms with Crippen molar-refractivity contribution in [1.29, 1.82) is 0 Å². The number of fused-ring (bicyclic) bond motifs is 2. The molecule has 0 saturated heterocycles. The maximum Gasteiger partial charge on any atom is 0.252 e. The normalized spacial score (nSPS) is 16.5. The Morgan fingerprint density at radius 1 is 1.31 bits per heavy atom. The fraction of sp³-hybridized carbons (Fsp3) is 0.368. The first-order valence-electron chi connectivity index (χ1n) is 8.88. The molecule has 1 aromatic carbocycles. The van der Waals surface area contributed by atoms with E-state index in [0.717, 1.165) is 24.4 Å². The Morgan fingerprint density at radius 3 is 3.04 bits per heavy atom. The van der Waals surface area contributed by atoms with E-state index in [1.807, 2.05) is 26.0 Å². The number of nitrogens with one attached hydrogen (secondary N) is 2. The van der Waals surface area contributed by atoms with E-state index in [1.54, 1.807) is 4.52 Å². The number of aryl methyl sites for hydroxylation is 2. The fourth-order valence-electron chi connectivity index (χ4n) is 3.48. The standard InChI is InChI=1S/C19H22N6O/c1-12-9-13(2)25-19(22-12)23-17(24-25)10-18(26)21-11-16-15-6-4-3-5-14(15)7-8-20-16/h3-6,9,16,20H,7-8,10-11H2,1-2H3,(H,21,26). The largest absolute Gasteiger partial charge is 0.354 e. The highest BCUT2D eigenvalue weighted by Crippen LogP contribution is 2.21. The molecule has 0 aliphatic carbocycles. The Labute approximate surface area is 151 Å². The molecule has 0 bridgehead atoms. The molecular weight excluding hydrogens is 328 g/mol. The summed E-state index contributed by atoms with van der Waals surface area (Å²) in [6.45, 7) is 5.35. The molecule has 0 spiro atoms. The van der Waals surface area contributed by atoms with E-state index in [9.17, 15) is 4.79 Å². The zero-order chi connectivity index (χ0) is 18.1. The molecule has 7 nitrogen and oxygen atoms in total.